The van der Waals surface area contributed by atoms with Gasteiger partial charge in [-0.15, -0.1) is 0 Å². The number of unbranched alkanes of at least 4 members (excludes halogenated alkanes) is 8. The van der Waals surface area contributed by atoms with E-state index in [0.29, 0.717) is 6.61 Å². The molecule has 0 bridgehead atoms. The molecule has 0 radical (unpaired) electrons. The highest BCUT2D eigenvalue weighted by atomic mass is 16.2. The monoisotopic (exact) mass is 254 g/mol. The van der Waals surface area contributed by atoms with Crippen molar-refractivity contribution in [2.24, 2.45) is 0 Å². The summed E-state index contributed by atoms with van der Waals surface area (Å²) in [6, 6.07) is 0. The van der Waals surface area contributed by atoms with Crippen molar-refractivity contribution in [1.29, 1.82) is 0 Å². The summed E-state index contributed by atoms with van der Waals surface area (Å²) < 4.78 is 0. The molecular weight excluding hydrogens is 220 g/mol. The molecule has 1 heteroatoms. The molecule has 0 amide bonds. The summed E-state index contributed by atoms with van der Waals surface area (Å²) in [4.78, 5) is 0. The molecule has 0 fully saturated rings. The van der Waals surface area contributed by atoms with Crippen LogP contribution in [-0.2, 0) is 0 Å². The Morgan fingerprint density at radius 1 is 0.778 bits per heavy atom. The molecule has 0 saturated heterocycles. The van der Waals surface area contributed by atoms with Gasteiger partial charge in [0.2, 0.25) is 0 Å². The highest BCUT2D eigenvalue weighted by Gasteiger charge is 1.97. The fourth-order valence-corrected chi connectivity index (χ4v) is 2.31. The van der Waals surface area contributed by atoms with Gasteiger partial charge < -0.3 is 5.11 Å². The first-order valence-corrected chi connectivity index (χ1v) is 8.13. The van der Waals surface area contributed by atoms with Crippen LogP contribution in [0, 0.1) is 0 Å². The van der Waals surface area contributed by atoms with Gasteiger partial charge in [0.1, 0.15) is 0 Å². The quantitative estimate of drug-likeness (QED) is 0.334. The summed E-state index contributed by atoms with van der Waals surface area (Å²) in [6.45, 7) is 4.83. The number of rotatable bonds is 13. The molecule has 0 aliphatic carbocycles. The Balaban J connectivity index is 3.64. The summed E-state index contributed by atoms with van der Waals surface area (Å²) in [5, 5.41) is 9.07. The van der Waals surface area contributed by atoms with E-state index in [9.17, 15) is 0 Å². The zero-order chi connectivity index (χ0) is 13.5. The van der Waals surface area contributed by atoms with Crippen molar-refractivity contribution in [3.63, 3.8) is 0 Å². The standard InChI is InChI=1S/C17H34O/c1-3-5-7-9-10-12-14-17(15-16-18)13-11-8-6-4-2/h14,18H,3-13,15-16H2,1-2H3. The van der Waals surface area contributed by atoms with E-state index in [1.165, 1.54) is 76.2 Å². The number of hydrogen-bond donors (Lipinski definition) is 1. The predicted molar refractivity (Wildman–Crippen MR) is 81.9 cm³/mol. The van der Waals surface area contributed by atoms with Crippen LogP contribution in [0.5, 0.6) is 0 Å². The average molecular weight is 254 g/mol. The number of aliphatic hydroxyl groups is 1. The van der Waals surface area contributed by atoms with Gasteiger partial charge in [-0.2, -0.15) is 0 Å². The minimum Gasteiger partial charge on any atom is -0.396 e. The summed E-state index contributed by atoms with van der Waals surface area (Å²) in [6.07, 6.45) is 17.8. The maximum Gasteiger partial charge on any atom is 0.0468 e. The Labute approximate surface area is 115 Å². The minimum atomic E-state index is 0.315. The fraction of sp³-hybridized carbons (Fsp3) is 0.882. The number of allylic oxidation sites excluding steroid dienone is 1. The van der Waals surface area contributed by atoms with Crippen molar-refractivity contribution in [3.8, 4) is 0 Å². The van der Waals surface area contributed by atoms with Crippen LogP contribution in [-0.4, -0.2) is 11.7 Å². The number of hydrogen-bond acceptors (Lipinski definition) is 1. The van der Waals surface area contributed by atoms with Gasteiger partial charge in [0, 0.05) is 6.61 Å². The first-order valence-electron chi connectivity index (χ1n) is 8.13. The zero-order valence-corrected chi connectivity index (χ0v) is 12.7. The van der Waals surface area contributed by atoms with E-state index >= 15 is 0 Å². The van der Waals surface area contributed by atoms with Gasteiger partial charge in [-0.05, 0) is 32.1 Å². The van der Waals surface area contributed by atoms with Crippen molar-refractivity contribution in [2.45, 2.75) is 90.9 Å². The van der Waals surface area contributed by atoms with E-state index in [1.807, 2.05) is 0 Å². The average Bonchev–Trinajstić information content (AvgIpc) is 2.38. The second-order valence-electron chi connectivity index (χ2n) is 5.35. The van der Waals surface area contributed by atoms with Crippen LogP contribution in [0.3, 0.4) is 0 Å². The van der Waals surface area contributed by atoms with Crippen molar-refractivity contribution >= 4 is 0 Å². The topological polar surface area (TPSA) is 20.2 Å². The lowest BCUT2D eigenvalue weighted by atomic mass is 10.0. The Kier molecular flexibility index (Phi) is 14.5. The highest BCUT2D eigenvalue weighted by molar-refractivity contribution is 5.01. The maximum atomic E-state index is 9.07. The molecule has 0 unspecified atom stereocenters. The van der Waals surface area contributed by atoms with Crippen molar-refractivity contribution in [2.75, 3.05) is 6.61 Å². The van der Waals surface area contributed by atoms with Crippen molar-refractivity contribution < 1.29 is 5.11 Å². The zero-order valence-electron chi connectivity index (χ0n) is 12.7. The largest absolute Gasteiger partial charge is 0.396 e. The Hall–Kier alpha value is -0.300. The van der Waals surface area contributed by atoms with Gasteiger partial charge in [-0.3, -0.25) is 0 Å². The van der Waals surface area contributed by atoms with E-state index in [2.05, 4.69) is 19.9 Å². The second-order valence-corrected chi connectivity index (χ2v) is 5.35. The molecule has 0 aromatic carbocycles. The minimum absolute atomic E-state index is 0.315. The van der Waals surface area contributed by atoms with Gasteiger partial charge in [0.15, 0.2) is 0 Å². The lowest BCUT2D eigenvalue weighted by Gasteiger charge is -2.06. The van der Waals surface area contributed by atoms with Crippen LogP contribution < -0.4 is 0 Å². The second kappa shape index (κ2) is 14.8. The molecule has 0 aliphatic rings. The Bertz CT molecular complexity index is 184. The van der Waals surface area contributed by atoms with Gasteiger partial charge in [-0.25, -0.2) is 0 Å². The van der Waals surface area contributed by atoms with Crippen molar-refractivity contribution in [3.05, 3.63) is 11.6 Å². The van der Waals surface area contributed by atoms with E-state index in [-0.39, 0.29) is 0 Å². The van der Waals surface area contributed by atoms with Gasteiger partial charge in [0.25, 0.3) is 0 Å². The Morgan fingerprint density at radius 3 is 2.00 bits per heavy atom. The molecule has 1 nitrogen and oxygen atoms in total. The van der Waals surface area contributed by atoms with E-state index in [1.54, 1.807) is 0 Å². The van der Waals surface area contributed by atoms with Gasteiger partial charge in [-0.1, -0.05) is 70.4 Å². The van der Waals surface area contributed by atoms with E-state index in [0.717, 1.165) is 6.42 Å². The van der Waals surface area contributed by atoms with E-state index in [4.69, 9.17) is 5.11 Å². The maximum absolute atomic E-state index is 9.07. The third kappa shape index (κ3) is 12.2. The molecule has 0 saturated carbocycles. The van der Waals surface area contributed by atoms with Crippen LogP contribution in [0.15, 0.2) is 11.6 Å². The van der Waals surface area contributed by atoms with Crippen molar-refractivity contribution in [1.82, 2.24) is 0 Å². The van der Waals surface area contributed by atoms with Crippen LogP contribution in [0.25, 0.3) is 0 Å². The van der Waals surface area contributed by atoms with E-state index < -0.39 is 0 Å². The molecule has 108 valence electrons. The first kappa shape index (κ1) is 17.7. The Morgan fingerprint density at radius 2 is 1.39 bits per heavy atom. The molecule has 1 N–H and O–H groups in total. The van der Waals surface area contributed by atoms with Crippen LogP contribution in [0.1, 0.15) is 90.9 Å². The normalized spacial score (nSPS) is 12.1. The molecular formula is C17H34O. The van der Waals surface area contributed by atoms with Gasteiger partial charge in [0.05, 0.1) is 0 Å². The molecule has 0 aromatic heterocycles. The fourth-order valence-electron chi connectivity index (χ4n) is 2.31. The third-order valence-corrected chi connectivity index (χ3v) is 3.53. The third-order valence-electron chi connectivity index (χ3n) is 3.53. The molecule has 0 spiro atoms. The summed E-state index contributed by atoms with van der Waals surface area (Å²) in [7, 11) is 0. The lowest BCUT2D eigenvalue weighted by Crippen LogP contribution is -1.90. The summed E-state index contributed by atoms with van der Waals surface area (Å²) in [5.41, 5.74) is 1.49. The smallest absolute Gasteiger partial charge is 0.0468 e. The van der Waals surface area contributed by atoms with Gasteiger partial charge >= 0.3 is 0 Å². The summed E-state index contributed by atoms with van der Waals surface area (Å²) in [5.74, 6) is 0. The van der Waals surface area contributed by atoms with Crippen LogP contribution >= 0.6 is 0 Å². The summed E-state index contributed by atoms with van der Waals surface area (Å²) >= 11 is 0. The lowest BCUT2D eigenvalue weighted by molar-refractivity contribution is 0.297. The van der Waals surface area contributed by atoms with Crippen LogP contribution in [0.2, 0.25) is 0 Å². The first-order chi connectivity index (χ1) is 8.85. The molecule has 0 atom stereocenters. The highest BCUT2D eigenvalue weighted by Crippen LogP contribution is 2.15. The molecule has 0 heterocycles. The molecule has 0 aliphatic heterocycles. The predicted octanol–water partition coefficient (Wildman–Crippen LogP) is 5.63. The SMILES string of the molecule is CCCCCCCC=C(CCO)CCCCCC. The molecule has 0 aromatic rings. The van der Waals surface area contributed by atoms with Crippen LogP contribution in [0.4, 0.5) is 0 Å². The number of aliphatic hydroxyl groups excluding tert-OH is 1. The molecule has 0 rings (SSSR count). The molecule has 18 heavy (non-hydrogen) atoms.